The van der Waals surface area contributed by atoms with E-state index >= 15 is 0 Å². The lowest BCUT2D eigenvalue weighted by Gasteiger charge is -2.32. The van der Waals surface area contributed by atoms with Gasteiger partial charge in [-0.05, 0) is 38.6 Å². The van der Waals surface area contributed by atoms with Crippen LogP contribution < -0.4 is 5.32 Å². The zero-order chi connectivity index (χ0) is 9.52. The molecule has 0 aromatic heterocycles. The zero-order valence-corrected chi connectivity index (χ0v) is 9.31. The molecule has 1 aliphatic carbocycles. The first-order valence-electron chi connectivity index (χ1n) is 6.08. The van der Waals surface area contributed by atoms with Crippen molar-refractivity contribution in [3.05, 3.63) is 0 Å². The standard InChI is InChI=1S/C12H25N/c1-3-4-5-6-10-13-11(2)12-8-7-9-12/h11-13H,3-10H2,1-2H3. The van der Waals surface area contributed by atoms with E-state index in [1.165, 1.54) is 51.5 Å². The highest BCUT2D eigenvalue weighted by atomic mass is 14.9. The molecule has 1 rings (SSSR count). The van der Waals surface area contributed by atoms with Crippen molar-refractivity contribution in [1.29, 1.82) is 0 Å². The molecular formula is C12H25N. The van der Waals surface area contributed by atoms with Crippen molar-refractivity contribution < 1.29 is 0 Å². The Balaban J connectivity index is 1.86. The van der Waals surface area contributed by atoms with Crippen LogP contribution in [-0.2, 0) is 0 Å². The van der Waals surface area contributed by atoms with Crippen LogP contribution in [0, 0.1) is 5.92 Å². The summed E-state index contributed by atoms with van der Waals surface area (Å²) < 4.78 is 0. The Morgan fingerprint density at radius 1 is 1.23 bits per heavy atom. The lowest BCUT2D eigenvalue weighted by atomic mass is 9.80. The minimum absolute atomic E-state index is 0.773. The van der Waals surface area contributed by atoms with Crippen molar-refractivity contribution in [1.82, 2.24) is 5.32 Å². The van der Waals surface area contributed by atoms with E-state index in [0.717, 1.165) is 12.0 Å². The largest absolute Gasteiger partial charge is 0.314 e. The molecule has 1 nitrogen and oxygen atoms in total. The Morgan fingerprint density at radius 2 is 2.00 bits per heavy atom. The van der Waals surface area contributed by atoms with E-state index in [-0.39, 0.29) is 0 Å². The monoisotopic (exact) mass is 183 g/mol. The second kappa shape index (κ2) is 6.42. The van der Waals surface area contributed by atoms with Crippen LogP contribution in [0.4, 0.5) is 0 Å². The first kappa shape index (κ1) is 11.0. The van der Waals surface area contributed by atoms with Crippen LogP contribution in [0.1, 0.15) is 58.8 Å². The molecule has 0 aromatic rings. The first-order chi connectivity index (χ1) is 6.34. The Labute approximate surface area is 83.3 Å². The Kier molecular flexibility index (Phi) is 5.45. The van der Waals surface area contributed by atoms with Gasteiger partial charge < -0.3 is 5.32 Å². The average molecular weight is 183 g/mol. The fraction of sp³-hybridized carbons (Fsp3) is 1.00. The Morgan fingerprint density at radius 3 is 2.54 bits per heavy atom. The molecular weight excluding hydrogens is 158 g/mol. The Hall–Kier alpha value is -0.0400. The minimum Gasteiger partial charge on any atom is -0.314 e. The highest BCUT2D eigenvalue weighted by Gasteiger charge is 2.22. The van der Waals surface area contributed by atoms with Gasteiger partial charge in [-0.2, -0.15) is 0 Å². The summed E-state index contributed by atoms with van der Waals surface area (Å²) in [5.74, 6) is 0.992. The molecule has 13 heavy (non-hydrogen) atoms. The van der Waals surface area contributed by atoms with E-state index in [2.05, 4.69) is 19.2 Å². The fourth-order valence-corrected chi connectivity index (χ4v) is 1.99. The van der Waals surface area contributed by atoms with Gasteiger partial charge in [-0.3, -0.25) is 0 Å². The van der Waals surface area contributed by atoms with E-state index in [4.69, 9.17) is 0 Å². The minimum atomic E-state index is 0.773. The summed E-state index contributed by atoms with van der Waals surface area (Å²) in [5, 5.41) is 3.64. The van der Waals surface area contributed by atoms with Crippen LogP contribution in [0.25, 0.3) is 0 Å². The molecule has 1 fully saturated rings. The molecule has 1 heteroatoms. The van der Waals surface area contributed by atoms with Gasteiger partial charge >= 0.3 is 0 Å². The third-order valence-electron chi connectivity index (χ3n) is 3.35. The van der Waals surface area contributed by atoms with Crippen molar-refractivity contribution in [3.8, 4) is 0 Å². The molecule has 0 radical (unpaired) electrons. The predicted octanol–water partition coefficient (Wildman–Crippen LogP) is 3.34. The number of hydrogen-bond donors (Lipinski definition) is 1. The van der Waals surface area contributed by atoms with E-state index in [1.54, 1.807) is 0 Å². The van der Waals surface area contributed by atoms with Crippen LogP contribution in [0.5, 0.6) is 0 Å². The SMILES string of the molecule is CCCCCCNC(C)C1CCC1. The summed E-state index contributed by atoms with van der Waals surface area (Å²) in [6, 6.07) is 0.773. The highest BCUT2D eigenvalue weighted by molar-refractivity contribution is 4.79. The third kappa shape index (κ3) is 4.12. The normalized spacial score (nSPS) is 19.8. The van der Waals surface area contributed by atoms with Crippen LogP contribution in [0.15, 0.2) is 0 Å². The molecule has 78 valence electrons. The molecule has 1 N–H and O–H groups in total. The molecule has 1 saturated carbocycles. The molecule has 0 bridgehead atoms. The van der Waals surface area contributed by atoms with Gasteiger partial charge in [-0.1, -0.05) is 32.6 Å². The van der Waals surface area contributed by atoms with Gasteiger partial charge in [-0.15, -0.1) is 0 Å². The van der Waals surface area contributed by atoms with E-state index < -0.39 is 0 Å². The molecule has 0 saturated heterocycles. The molecule has 0 heterocycles. The molecule has 1 atom stereocenters. The van der Waals surface area contributed by atoms with Crippen molar-refractivity contribution >= 4 is 0 Å². The third-order valence-corrected chi connectivity index (χ3v) is 3.35. The lowest BCUT2D eigenvalue weighted by molar-refractivity contribution is 0.240. The molecule has 0 amide bonds. The van der Waals surface area contributed by atoms with Crippen molar-refractivity contribution in [2.24, 2.45) is 5.92 Å². The molecule has 1 aliphatic rings. The summed E-state index contributed by atoms with van der Waals surface area (Å²) >= 11 is 0. The van der Waals surface area contributed by atoms with Crippen molar-refractivity contribution in [3.63, 3.8) is 0 Å². The van der Waals surface area contributed by atoms with Gasteiger partial charge in [0, 0.05) is 6.04 Å². The summed E-state index contributed by atoms with van der Waals surface area (Å²) in [4.78, 5) is 0. The van der Waals surface area contributed by atoms with Gasteiger partial charge in [0.15, 0.2) is 0 Å². The maximum Gasteiger partial charge on any atom is 0.00669 e. The van der Waals surface area contributed by atoms with E-state index in [0.29, 0.717) is 0 Å². The topological polar surface area (TPSA) is 12.0 Å². The molecule has 1 unspecified atom stereocenters. The molecule has 0 aliphatic heterocycles. The van der Waals surface area contributed by atoms with Gasteiger partial charge in [-0.25, -0.2) is 0 Å². The predicted molar refractivity (Wildman–Crippen MR) is 58.9 cm³/mol. The van der Waals surface area contributed by atoms with Gasteiger partial charge in [0.2, 0.25) is 0 Å². The quantitative estimate of drug-likeness (QED) is 0.597. The van der Waals surface area contributed by atoms with Crippen LogP contribution in [0.3, 0.4) is 0 Å². The summed E-state index contributed by atoms with van der Waals surface area (Å²) in [6.07, 6.45) is 9.90. The van der Waals surface area contributed by atoms with Crippen molar-refractivity contribution in [2.75, 3.05) is 6.54 Å². The van der Waals surface area contributed by atoms with Crippen molar-refractivity contribution in [2.45, 2.75) is 64.8 Å². The van der Waals surface area contributed by atoms with Gasteiger partial charge in [0.25, 0.3) is 0 Å². The lowest BCUT2D eigenvalue weighted by Crippen LogP contribution is -2.37. The summed E-state index contributed by atoms with van der Waals surface area (Å²) in [5.41, 5.74) is 0. The maximum absolute atomic E-state index is 3.64. The Bertz CT molecular complexity index is 118. The first-order valence-corrected chi connectivity index (χ1v) is 6.08. The fourth-order valence-electron chi connectivity index (χ4n) is 1.99. The maximum atomic E-state index is 3.64. The number of rotatable bonds is 7. The highest BCUT2D eigenvalue weighted by Crippen LogP contribution is 2.29. The number of nitrogens with one attached hydrogen (secondary N) is 1. The van der Waals surface area contributed by atoms with Crippen LogP contribution in [0.2, 0.25) is 0 Å². The molecule has 0 aromatic carbocycles. The smallest absolute Gasteiger partial charge is 0.00669 e. The van der Waals surface area contributed by atoms with Gasteiger partial charge in [0.1, 0.15) is 0 Å². The number of hydrogen-bond acceptors (Lipinski definition) is 1. The van der Waals surface area contributed by atoms with E-state index in [1.807, 2.05) is 0 Å². The summed E-state index contributed by atoms with van der Waals surface area (Å²) in [7, 11) is 0. The van der Waals surface area contributed by atoms with Gasteiger partial charge in [0.05, 0.1) is 0 Å². The molecule has 0 spiro atoms. The zero-order valence-electron chi connectivity index (χ0n) is 9.31. The van der Waals surface area contributed by atoms with Crippen LogP contribution >= 0.6 is 0 Å². The van der Waals surface area contributed by atoms with E-state index in [9.17, 15) is 0 Å². The number of unbranched alkanes of at least 4 members (excludes halogenated alkanes) is 3. The second-order valence-corrected chi connectivity index (χ2v) is 4.49. The second-order valence-electron chi connectivity index (χ2n) is 4.49. The summed E-state index contributed by atoms with van der Waals surface area (Å²) in [6.45, 7) is 5.85. The average Bonchev–Trinajstić information content (AvgIpc) is 2.01. The van der Waals surface area contributed by atoms with Crippen LogP contribution in [-0.4, -0.2) is 12.6 Å².